The molecule has 0 amide bonds. The lowest BCUT2D eigenvalue weighted by atomic mass is 10.1. The molecule has 0 saturated carbocycles. The van der Waals surface area contributed by atoms with Crippen molar-refractivity contribution in [1.29, 1.82) is 0 Å². The molecule has 0 saturated heterocycles. The zero-order valence-electron chi connectivity index (χ0n) is 11.4. The van der Waals surface area contributed by atoms with Gasteiger partial charge in [0.1, 0.15) is 4.90 Å². The highest BCUT2D eigenvalue weighted by molar-refractivity contribution is 7.89. The molecule has 0 fully saturated rings. The van der Waals surface area contributed by atoms with E-state index in [1.54, 1.807) is 18.2 Å². The standard InChI is InChI=1S/C13H22N2O3S/c1-11(2)7-9-18-10-8-15-12-5-3-4-6-13(12)19(14,16)17/h3-6,11,15H,7-10H2,1-2H3,(H2,14,16,17). The zero-order valence-corrected chi connectivity index (χ0v) is 12.2. The third-order valence-electron chi connectivity index (χ3n) is 2.59. The van der Waals surface area contributed by atoms with Gasteiger partial charge in [-0.1, -0.05) is 26.0 Å². The molecule has 3 N–H and O–H groups in total. The second kappa shape index (κ2) is 7.47. The van der Waals surface area contributed by atoms with Crippen LogP contribution in [-0.2, 0) is 14.8 Å². The van der Waals surface area contributed by atoms with Gasteiger partial charge in [-0.15, -0.1) is 0 Å². The summed E-state index contributed by atoms with van der Waals surface area (Å²) in [6.07, 6.45) is 1.02. The molecule has 0 spiro atoms. The minimum Gasteiger partial charge on any atom is -0.382 e. The van der Waals surface area contributed by atoms with Gasteiger partial charge in [-0.05, 0) is 24.5 Å². The molecular formula is C13H22N2O3S. The lowest BCUT2D eigenvalue weighted by molar-refractivity contribution is 0.132. The Hall–Kier alpha value is -1.11. The van der Waals surface area contributed by atoms with Crippen molar-refractivity contribution >= 4 is 15.7 Å². The molecule has 0 radical (unpaired) electrons. The first-order chi connectivity index (χ1) is 8.91. The number of sulfonamides is 1. The van der Waals surface area contributed by atoms with E-state index in [2.05, 4.69) is 19.2 Å². The van der Waals surface area contributed by atoms with Crippen LogP contribution in [0.1, 0.15) is 20.3 Å². The Morgan fingerprint density at radius 3 is 2.58 bits per heavy atom. The van der Waals surface area contributed by atoms with Gasteiger partial charge >= 0.3 is 0 Å². The Morgan fingerprint density at radius 1 is 1.26 bits per heavy atom. The molecule has 0 heterocycles. The van der Waals surface area contributed by atoms with Gasteiger partial charge in [-0.25, -0.2) is 13.6 Å². The number of nitrogens with two attached hydrogens (primary N) is 1. The molecule has 108 valence electrons. The average molecular weight is 286 g/mol. The SMILES string of the molecule is CC(C)CCOCCNc1ccccc1S(N)(=O)=O. The summed E-state index contributed by atoms with van der Waals surface area (Å²) in [5.74, 6) is 0.621. The number of anilines is 1. The maximum atomic E-state index is 11.4. The van der Waals surface area contributed by atoms with E-state index in [-0.39, 0.29) is 4.90 Å². The van der Waals surface area contributed by atoms with Gasteiger partial charge in [0.25, 0.3) is 0 Å². The first-order valence-electron chi connectivity index (χ1n) is 6.34. The Kier molecular flexibility index (Phi) is 6.27. The summed E-state index contributed by atoms with van der Waals surface area (Å²) >= 11 is 0. The summed E-state index contributed by atoms with van der Waals surface area (Å²) in [6.45, 7) is 6.08. The van der Waals surface area contributed by atoms with Crippen LogP contribution in [-0.4, -0.2) is 28.2 Å². The Morgan fingerprint density at radius 2 is 1.95 bits per heavy atom. The van der Waals surface area contributed by atoms with E-state index in [0.29, 0.717) is 24.8 Å². The van der Waals surface area contributed by atoms with Crippen molar-refractivity contribution in [3.8, 4) is 0 Å². The van der Waals surface area contributed by atoms with Crippen molar-refractivity contribution < 1.29 is 13.2 Å². The second-order valence-corrected chi connectivity index (χ2v) is 6.29. The monoisotopic (exact) mass is 286 g/mol. The zero-order chi connectivity index (χ0) is 14.3. The van der Waals surface area contributed by atoms with Crippen LogP contribution < -0.4 is 10.5 Å². The van der Waals surface area contributed by atoms with Crippen LogP contribution in [0.2, 0.25) is 0 Å². The molecule has 19 heavy (non-hydrogen) atoms. The van der Waals surface area contributed by atoms with Crippen molar-refractivity contribution in [1.82, 2.24) is 0 Å². The average Bonchev–Trinajstić information content (AvgIpc) is 2.32. The smallest absolute Gasteiger partial charge is 0.240 e. The predicted octanol–water partition coefficient (Wildman–Crippen LogP) is 1.81. The fraction of sp³-hybridized carbons (Fsp3) is 0.538. The Bertz CT molecular complexity index is 486. The van der Waals surface area contributed by atoms with Crippen molar-refractivity contribution in [3.63, 3.8) is 0 Å². The van der Waals surface area contributed by atoms with Crippen LogP contribution in [0.15, 0.2) is 29.2 Å². The number of benzene rings is 1. The van der Waals surface area contributed by atoms with Gasteiger partial charge in [0, 0.05) is 13.2 Å². The summed E-state index contributed by atoms with van der Waals surface area (Å²) in [5.41, 5.74) is 0.512. The van der Waals surface area contributed by atoms with Crippen LogP contribution in [0, 0.1) is 5.92 Å². The van der Waals surface area contributed by atoms with Crippen LogP contribution in [0.3, 0.4) is 0 Å². The highest BCUT2D eigenvalue weighted by Gasteiger charge is 2.12. The number of hydrogen-bond donors (Lipinski definition) is 2. The first-order valence-corrected chi connectivity index (χ1v) is 7.89. The van der Waals surface area contributed by atoms with Crippen LogP contribution >= 0.6 is 0 Å². The first kappa shape index (κ1) is 15.9. The molecule has 0 atom stereocenters. The molecule has 0 bridgehead atoms. The normalized spacial score (nSPS) is 11.8. The van der Waals surface area contributed by atoms with Crippen LogP contribution in [0.4, 0.5) is 5.69 Å². The summed E-state index contributed by atoms with van der Waals surface area (Å²) < 4.78 is 28.2. The highest BCUT2D eigenvalue weighted by atomic mass is 32.2. The summed E-state index contributed by atoms with van der Waals surface area (Å²) in [4.78, 5) is 0.109. The maximum Gasteiger partial charge on any atom is 0.240 e. The fourth-order valence-corrected chi connectivity index (χ4v) is 2.25. The molecule has 6 heteroatoms. The molecule has 1 aromatic carbocycles. The van der Waals surface area contributed by atoms with Gasteiger partial charge in [0.05, 0.1) is 12.3 Å². The predicted molar refractivity (Wildman–Crippen MR) is 76.6 cm³/mol. The molecule has 0 aromatic heterocycles. The second-order valence-electron chi connectivity index (χ2n) is 4.76. The van der Waals surface area contributed by atoms with Crippen molar-refractivity contribution in [3.05, 3.63) is 24.3 Å². The van der Waals surface area contributed by atoms with Gasteiger partial charge in [-0.3, -0.25) is 0 Å². The van der Waals surface area contributed by atoms with E-state index in [9.17, 15) is 8.42 Å². The minimum absolute atomic E-state index is 0.109. The number of rotatable bonds is 8. The quantitative estimate of drug-likeness (QED) is 0.714. The van der Waals surface area contributed by atoms with Crippen molar-refractivity contribution in [2.45, 2.75) is 25.2 Å². The van der Waals surface area contributed by atoms with E-state index in [1.165, 1.54) is 6.07 Å². The fourth-order valence-electron chi connectivity index (χ4n) is 1.54. The summed E-state index contributed by atoms with van der Waals surface area (Å²) in [7, 11) is -3.70. The van der Waals surface area contributed by atoms with Gasteiger partial charge in [0.15, 0.2) is 0 Å². The molecule has 0 aliphatic carbocycles. The number of hydrogen-bond acceptors (Lipinski definition) is 4. The largest absolute Gasteiger partial charge is 0.382 e. The lowest BCUT2D eigenvalue weighted by Crippen LogP contribution is -2.17. The molecule has 5 nitrogen and oxygen atoms in total. The third-order valence-corrected chi connectivity index (χ3v) is 3.56. The van der Waals surface area contributed by atoms with Gasteiger partial charge in [0.2, 0.25) is 10.0 Å². The molecule has 1 rings (SSSR count). The molecule has 0 unspecified atom stereocenters. The number of ether oxygens (including phenoxy) is 1. The summed E-state index contributed by atoms with van der Waals surface area (Å²) in [5, 5.41) is 8.17. The lowest BCUT2D eigenvalue weighted by Gasteiger charge is -2.11. The number of para-hydroxylation sites is 1. The molecule has 1 aromatic rings. The van der Waals surface area contributed by atoms with Crippen LogP contribution in [0.5, 0.6) is 0 Å². The number of primary sulfonamides is 1. The van der Waals surface area contributed by atoms with Crippen LogP contribution in [0.25, 0.3) is 0 Å². The molecule has 0 aliphatic rings. The third kappa shape index (κ3) is 6.04. The van der Waals surface area contributed by atoms with E-state index in [4.69, 9.17) is 9.88 Å². The highest BCUT2D eigenvalue weighted by Crippen LogP contribution is 2.18. The minimum atomic E-state index is -3.70. The van der Waals surface area contributed by atoms with E-state index >= 15 is 0 Å². The van der Waals surface area contributed by atoms with Gasteiger partial charge in [-0.2, -0.15) is 0 Å². The van der Waals surface area contributed by atoms with Crippen molar-refractivity contribution in [2.75, 3.05) is 25.1 Å². The molecule has 0 aliphatic heterocycles. The summed E-state index contributed by atoms with van der Waals surface area (Å²) in [6, 6.07) is 6.58. The van der Waals surface area contributed by atoms with Gasteiger partial charge < -0.3 is 10.1 Å². The van der Waals surface area contributed by atoms with E-state index < -0.39 is 10.0 Å². The van der Waals surface area contributed by atoms with E-state index in [1.807, 2.05) is 0 Å². The Balaban J connectivity index is 2.42. The number of nitrogens with one attached hydrogen (secondary N) is 1. The Labute approximate surface area is 115 Å². The van der Waals surface area contributed by atoms with E-state index in [0.717, 1.165) is 13.0 Å². The molecular weight excluding hydrogens is 264 g/mol. The van der Waals surface area contributed by atoms with Crippen molar-refractivity contribution in [2.24, 2.45) is 11.1 Å². The topological polar surface area (TPSA) is 81.4 Å². The maximum absolute atomic E-state index is 11.4.